The van der Waals surface area contributed by atoms with E-state index in [2.05, 4.69) is 9.97 Å². The first-order valence-electron chi connectivity index (χ1n) is 5.83. The number of furan rings is 1. The number of aromatic amines is 1. The highest BCUT2D eigenvalue weighted by atomic mass is 32.2. The Bertz CT molecular complexity index is 742. The number of thioether (sulfide) groups is 1. The van der Waals surface area contributed by atoms with Crippen LogP contribution in [0.15, 0.2) is 57.1 Å². The number of hydrogen-bond donors (Lipinski definition) is 2. The smallest absolute Gasteiger partial charge is 0.342 e. The molecule has 0 aliphatic heterocycles. The fraction of sp³-hybridized carbons (Fsp3) is 0. The average molecular weight is 286 g/mol. The lowest BCUT2D eigenvalue weighted by molar-refractivity contribution is -0.131. The van der Waals surface area contributed by atoms with Crippen LogP contribution in [0, 0.1) is 0 Å². The summed E-state index contributed by atoms with van der Waals surface area (Å²) < 4.78 is 5.13. The third-order valence-corrected chi connectivity index (χ3v) is 3.50. The highest BCUT2D eigenvalue weighted by Crippen LogP contribution is 2.28. The third-order valence-electron chi connectivity index (χ3n) is 2.60. The minimum atomic E-state index is -1.02. The molecule has 2 aromatic heterocycles. The summed E-state index contributed by atoms with van der Waals surface area (Å²) in [7, 11) is 0. The van der Waals surface area contributed by atoms with Crippen molar-refractivity contribution in [3.63, 3.8) is 0 Å². The largest absolute Gasteiger partial charge is 0.477 e. The molecular weight excluding hydrogens is 276 g/mol. The summed E-state index contributed by atoms with van der Waals surface area (Å²) in [6.07, 6.45) is 2.97. The molecule has 3 rings (SSSR count). The number of carboxylic acid groups (broad SMARTS) is 1. The lowest BCUT2D eigenvalue weighted by Crippen LogP contribution is -1.96. The number of fused-ring (bicyclic) bond motifs is 1. The molecule has 0 saturated heterocycles. The van der Waals surface area contributed by atoms with Crippen molar-refractivity contribution in [2.24, 2.45) is 0 Å². The van der Waals surface area contributed by atoms with Gasteiger partial charge >= 0.3 is 5.97 Å². The topological polar surface area (TPSA) is 79.1 Å². The normalized spacial score (nSPS) is 11.9. The first-order chi connectivity index (χ1) is 9.72. The maximum atomic E-state index is 11.3. The van der Waals surface area contributed by atoms with Crippen molar-refractivity contribution in [2.45, 2.75) is 5.16 Å². The molecule has 2 heterocycles. The highest BCUT2D eigenvalue weighted by molar-refractivity contribution is 8.04. The van der Waals surface area contributed by atoms with Crippen molar-refractivity contribution in [2.75, 3.05) is 0 Å². The number of hydrogen-bond acceptors (Lipinski definition) is 4. The fourth-order valence-electron chi connectivity index (χ4n) is 1.72. The number of benzene rings is 1. The van der Waals surface area contributed by atoms with E-state index in [1.807, 2.05) is 24.3 Å². The molecule has 0 fully saturated rings. The lowest BCUT2D eigenvalue weighted by Gasteiger charge is -1.97. The summed E-state index contributed by atoms with van der Waals surface area (Å²) >= 11 is 1.06. The van der Waals surface area contributed by atoms with Gasteiger partial charge < -0.3 is 14.5 Å². The zero-order valence-corrected chi connectivity index (χ0v) is 11.1. The van der Waals surface area contributed by atoms with Gasteiger partial charge in [0.1, 0.15) is 10.7 Å². The molecule has 5 nitrogen and oxygen atoms in total. The Hall–Kier alpha value is -2.47. The second-order valence-electron chi connectivity index (χ2n) is 3.99. The van der Waals surface area contributed by atoms with Crippen molar-refractivity contribution in [3.05, 3.63) is 53.3 Å². The van der Waals surface area contributed by atoms with Crippen LogP contribution >= 0.6 is 11.8 Å². The molecule has 2 N–H and O–H groups in total. The Morgan fingerprint density at radius 3 is 2.85 bits per heavy atom. The number of carboxylic acids is 1. The molecule has 6 heteroatoms. The molecule has 1 aromatic carbocycles. The standard InChI is InChI=1S/C14H10N2O3S/c17-13(18)12(8-9-4-3-7-19-9)20-14-15-10-5-1-2-6-11(10)16-14/h1-8H,(H,15,16)(H,17,18)/b12-8-. The zero-order valence-electron chi connectivity index (χ0n) is 10.2. The maximum absolute atomic E-state index is 11.3. The molecular formula is C14H10N2O3S. The molecule has 100 valence electrons. The summed E-state index contributed by atoms with van der Waals surface area (Å²) in [5.74, 6) is -0.530. The number of H-pyrrole nitrogens is 1. The van der Waals surface area contributed by atoms with E-state index in [1.54, 1.807) is 12.1 Å². The Labute approximate surface area is 118 Å². The molecule has 3 aromatic rings. The molecule has 0 bridgehead atoms. The first-order valence-corrected chi connectivity index (χ1v) is 6.65. The van der Waals surface area contributed by atoms with Crippen LogP contribution in [0.4, 0.5) is 0 Å². The molecule has 0 radical (unpaired) electrons. The van der Waals surface area contributed by atoms with Gasteiger partial charge in [0.25, 0.3) is 0 Å². The van der Waals surface area contributed by atoms with Crippen molar-refractivity contribution in [3.8, 4) is 0 Å². The monoisotopic (exact) mass is 286 g/mol. The van der Waals surface area contributed by atoms with E-state index in [0.717, 1.165) is 22.8 Å². The predicted molar refractivity (Wildman–Crippen MR) is 76.3 cm³/mol. The molecule has 0 amide bonds. The number of carbonyl (C=O) groups is 1. The fourth-order valence-corrected chi connectivity index (χ4v) is 2.50. The molecule has 0 unspecified atom stereocenters. The van der Waals surface area contributed by atoms with Crippen LogP contribution in [0.3, 0.4) is 0 Å². The Morgan fingerprint density at radius 2 is 2.15 bits per heavy atom. The minimum Gasteiger partial charge on any atom is -0.477 e. The lowest BCUT2D eigenvalue weighted by atomic mass is 10.3. The van der Waals surface area contributed by atoms with Crippen molar-refractivity contribution >= 4 is 34.8 Å². The van der Waals surface area contributed by atoms with Crippen LogP contribution in [0.5, 0.6) is 0 Å². The van der Waals surface area contributed by atoms with Gasteiger partial charge in [-0.3, -0.25) is 0 Å². The Morgan fingerprint density at radius 1 is 1.30 bits per heavy atom. The number of nitrogens with one attached hydrogen (secondary N) is 1. The van der Waals surface area contributed by atoms with Crippen molar-refractivity contribution < 1.29 is 14.3 Å². The van der Waals surface area contributed by atoms with Crippen LogP contribution < -0.4 is 0 Å². The summed E-state index contributed by atoms with van der Waals surface area (Å²) in [4.78, 5) is 18.8. The van der Waals surface area contributed by atoms with Gasteiger partial charge in [-0.1, -0.05) is 12.1 Å². The quantitative estimate of drug-likeness (QED) is 0.568. The van der Waals surface area contributed by atoms with Crippen LogP contribution in [0.25, 0.3) is 17.1 Å². The molecule has 0 atom stereocenters. The molecule has 0 spiro atoms. The Kier molecular flexibility index (Phi) is 3.30. The number of aliphatic carboxylic acids is 1. The van der Waals surface area contributed by atoms with Crippen LogP contribution in [0.1, 0.15) is 5.76 Å². The van der Waals surface area contributed by atoms with Gasteiger partial charge in [-0.05, 0) is 36.0 Å². The van der Waals surface area contributed by atoms with E-state index in [-0.39, 0.29) is 4.91 Å². The van der Waals surface area contributed by atoms with E-state index in [9.17, 15) is 9.90 Å². The van der Waals surface area contributed by atoms with Gasteiger partial charge in [0.15, 0.2) is 5.16 Å². The summed E-state index contributed by atoms with van der Waals surface area (Å²) in [6, 6.07) is 10.9. The second kappa shape index (κ2) is 5.26. The summed E-state index contributed by atoms with van der Waals surface area (Å²) in [5.41, 5.74) is 1.68. The SMILES string of the molecule is O=C(O)/C(=C/c1ccco1)Sc1nc2ccccc2[nH]1. The van der Waals surface area contributed by atoms with Gasteiger partial charge in [0, 0.05) is 6.08 Å². The predicted octanol–water partition coefficient (Wildman–Crippen LogP) is 3.37. The van der Waals surface area contributed by atoms with Gasteiger partial charge in [0.2, 0.25) is 0 Å². The summed E-state index contributed by atoms with van der Waals surface area (Å²) in [6.45, 7) is 0. The number of rotatable bonds is 4. The maximum Gasteiger partial charge on any atom is 0.342 e. The molecule has 0 aliphatic carbocycles. The average Bonchev–Trinajstić information content (AvgIpc) is 3.05. The number of imidazole rings is 1. The number of nitrogens with zero attached hydrogens (tertiary/aromatic N) is 1. The van der Waals surface area contributed by atoms with E-state index in [4.69, 9.17) is 4.42 Å². The Balaban J connectivity index is 1.92. The summed E-state index contributed by atoms with van der Waals surface area (Å²) in [5, 5.41) is 9.77. The second-order valence-corrected chi connectivity index (χ2v) is 5.02. The number of para-hydroxylation sites is 2. The van der Waals surface area contributed by atoms with Gasteiger partial charge in [-0.2, -0.15) is 0 Å². The van der Waals surface area contributed by atoms with E-state index < -0.39 is 5.97 Å². The first kappa shape index (κ1) is 12.6. The highest BCUT2D eigenvalue weighted by Gasteiger charge is 2.13. The van der Waals surface area contributed by atoms with Crippen molar-refractivity contribution in [1.29, 1.82) is 0 Å². The van der Waals surface area contributed by atoms with Crippen molar-refractivity contribution in [1.82, 2.24) is 9.97 Å². The van der Waals surface area contributed by atoms with Gasteiger partial charge in [-0.25, -0.2) is 9.78 Å². The number of aromatic nitrogens is 2. The molecule has 0 saturated carbocycles. The van der Waals surface area contributed by atoms with E-state index >= 15 is 0 Å². The molecule has 0 aliphatic rings. The van der Waals surface area contributed by atoms with Crippen LogP contribution in [-0.2, 0) is 4.79 Å². The van der Waals surface area contributed by atoms with Crippen LogP contribution in [0.2, 0.25) is 0 Å². The van der Waals surface area contributed by atoms with E-state index in [1.165, 1.54) is 12.3 Å². The van der Waals surface area contributed by atoms with E-state index in [0.29, 0.717) is 10.9 Å². The van der Waals surface area contributed by atoms with Gasteiger partial charge in [0.05, 0.1) is 17.3 Å². The zero-order chi connectivity index (χ0) is 13.9. The van der Waals surface area contributed by atoms with Gasteiger partial charge in [-0.15, -0.1) is 0 Å². The third kappa shape index (κ3) is 2.60. The minimum absolute atomic E-state index is 0.138. The van der Waals surface area contributed by atoms with Crippen LogP contribution in [-0.4, -0.2) is 21.0 Å². The molecule has 20 heavy (non-hydrogen) atoms.